The number of nitrogens with zero attached hydrogens (tertiary/aromatic N) is 1. The van der Waals surface area contributed by atoms with Crippen molar-refractivity contribution in [1.82, 2.24) is 10.2 Å². The van der Waals surface area contributed by atoms with Gasteiger partial charge in [-0.2, -0.15) is 0 Å². The summed E-state index contributed by atoms with van der Waals surface area (Å²) in [5.74, 6) is -0.219. The van der Waals surface area contributed by atoms with Gasteiger partial charge >= 0.3 is 0 Å². The zero-order valence-electron chi connectivity index (χ0n) is 14.7. The van der Waals surface area contributed by atoms with Crippen molar-refractivity contribution >= 4 is 34.8 Å². The molecular weight excluding hydrogens is 322 g/mol. The van der Waals surface area contributed by atoms with Crippen molar-refractivity contribution in [2.45, 2.75) is 45.4 Å². The largest absolute Gasteiger partial charge is 0.345 e. The molecule has 0 spiro atoms. The molecule has 0 aliphatic carbocycles. The Balaban J connectivity index is 2.51. The van der Waals surface area contributed by atoms with Crippen LogP contribution in [-0.2, 0) is 4.79 Å². The van der Waals surface area contributed by atoms with E-state index in [1.165, 1.54) is 17.7 Å². The third-order valence-electron chi connectivity index (χ3n) is 3.57. The van der Waals surface area contributed by atoms with E-state index in [1.807, 2.05) is 6.07 Å². The predicted molar refractivity (Wildman–Crippen MR) is 102 cm³/mol. The van der Waals surface area contributed by atoms with Gasteiger partial charge in [0.05, 0.1) is 11.3 Å². The number of para-hydroxylation sites is 1. The first kappa shape index (κ1) is 20.1. The Morgan fingerprint density at radius 3 is 2.42 bits per heavy atom. The Kier molecular flexibility index (Phi) is 9.01. The lowest BCUT2D eigenvalue weighted by Crippen LogP contribution is -2.34. The quantitative estimate of drug-likeness (QED) is 0.556. The van der Waals surface area contributed by atoms with Crippen LogP contribution in [-0.4, -0.2) is 35.9 Å². The van der Waals surface area contributed by atoms with E-state index in [4.69, 9.17) is 12.2 Å². The van der Waals surface area contributed by atoms with Gasteiger partial charge in [0.2, 0.25) is 5.91 Å². The molecule has 0 saturated heterocycles. The number of benzene rings is 1. The van der Waals surface area contributed by atoms with Crippen LogP contribution in [0.5, 0.6) is 0 Å². The highest BCUT2D eigenvalue weighted by molar-refractivity contribution is 7.80. The first-order valence-corrected chi connectivity index (χ1v) is 8.78. The number of thiocarbonyl (C=S) groups is 1. The standard InChI is InChI=1S/C18H27N3O2S/c1-4-5-6-7-8-13-16(22)20-18(24)19-15-12-10-9-11-14(15)17(23)21(2)3/h9-12H,4-8,13H2,1-3H3,(H2,19,20,22,24). The van der Waals surface area contributed by atoms with Crippen molar-refractivity contribution in [3.05, 3.63) is 29.8 Å². The Bertz CT molecular complexity index is 573. The van der Waals surface area contributed by atoms with E-state index in [2.05, 4.69) is 17.6 Å². The van der Waals surface area contributed by atoms with Crippen molar-refractivity contribution < 1.29 is 9.59 Å². The van der Waals surface area contributed by atoms with Crippen LogP contribution in [0.1, 0.15) is 55.8 Å². The molecule has 5 nitrogen and oxygen atoms in total. The molecule has 2 amide bonds. The molecule has 132 valence electrons. The van der Waals surface area contributed by atoms with Crippen LogP contribution in [0.3, 0.4) is 0 Å². The van der Waals surface area contributed by atoms with E-state index in [-0.39, 0.29) is 16.9 Å². The zero-order valence-corrected chi connectivity index (χ0v) is 15.5. The Hall–Kier alpha value is -1.95. The fourth-order valence-corrected chi connectivity index (χ4v) is 2.48. The van der Waals surface area contributed by atoms with Crippen LogP contribution in [0.2, 0.25) is 0 Å². The topological polar surface area (TPSA) is 61.4 Å². The van der Waals surface area contributed by atoms with Crippen molar-refractivity contribution in [2.24, 2.45) is 0 Å². The molecule has 1 aromatic rings. The molecule has 6 heteroatoms. The third kappa shape index (κ3) is 7.08. The zero-order chi connectivity index (χ0) is 17.9. The summed E-state index contributed by atoms with van der Waals surface area (Å²) in [6.07, 6.45) is 5.94. The predicted octanol–water partition coefficient (Wildman–Crippen LogP) is 3.56. The highest BCUT2D eigenvalue weighted by Gasteiger charge is 2.14. The fourth-order valence-electron chi connectivity index (χ4n) is 2.25. The maximum Gasteiger partial charge on any atom is 0.255 e. The normalized spacial score (nSPS) is 10.1. The maximum absolute atomic E-state index is 12.2. The molecule has 0 bridgehead atoms. The number of amides is 2. The molecule has 0 aliphatic heterocycles. The summed E-state index contributed by atoms with van der Waals surface area (Å²) in [5.41, 5.74) is 1.10. The number of nitrogens with one attached hydrogen (secondary N) is 2. The summed E-state index contributed by atoms with van der Waals surface area (Å²) in [5, 5.41) is 5.83. The second kappa shape index (κ2) is 10.8. The minimum Gasteiger partial charge on any atom is -0.345 e. The molecule has 0 fully saturated rings. The van der Waals surface area contributed by atoms with Crippen molar-refractivity contribution in [3.8, 4) is 0 Å². The fraction of sp³-hybridized carbons (Fsp3) is 0.500. The number of carbonyl (C=O) groups is 2. The summed E-state index contributed by atoms with van der Waals surface area (Å²) in [6.45, 7) is 2.16. The van der Waals surface area contributed by atoms with E-state index in [0.717, 1.165) is 19.3 Å². The monoisotopic (exact) mass is 349 g/mol. The van der Waals surface area contributed by atoms with E-state index >= 15 is 0 Å². The van der Waals surface area contributed by atoms with Gasteiger partial charge in [-0.3, -0.25) is 9.59 Å². The molecular formula is C18H27N3O2S. The average Bonchev–Trinajstić information content (AvgIpc) is 2.54. The molecule has 0 saturated carbocycles. The molecule has 0 aromatic heterocycles. The molecule has 1 rings (SSSR count). The summed E-state index contributed by atoms with van der Waals surface area (Å²) >= 11 is 5.18. The number of unbranched alkanes of at least 4 members (excludes halogenated alkanes) is 4. The Morgan fingerprint density at radius 1 is 1.08 bits per heavy atom. The van der Waals surface area contributed by atoms with Gasteiger partial charge in [0.25, 0.3) is 5.91 Å². The molecule has 0 aliphatic rings. The van der Waals surface area contributed by atoms with Crippen molar-refractivity contribution in [2.75, 3.05) is 19.4 Å². The number of rotatable bonds is 8. The first-order chi connectivity index (χ1) is 11.5. The Morgan fingerprint density at radius 2 is 1.75 bits per heavy atom. The van der Waals surface area contributed by atoms with Gasteiger partial charge in [-0.1, -0.05) is 44.7 Å². The molecule has 0 unspecified atom stereocenters. The molecule has 0 atom stereocenters. The second-order valence-electron chi connectivity index (χ2n) is 5.91. The highest BCUT2D eigenvalue weighted by atomic mass is 32.1. The number of hydrogen-bond acceptors (Lipinski definition) is 3. The SMILES string of the molecule is CCCCCCCC(=O)NC(=S)Nc1ccccc1C(=O)N(C)C. The molecule has 1 aromatic carbocycles. The Labute approximate surface area is 149 Å². The van der Waals surface area contributed by atoms with Crippen LogP contribution in [0.25, 0.3) is 0 Å². The van der Waals surface area contributed by atoms with Crippen molar-refractivity contribution in [1.29, 1.82) is 0 Å². The number of hydrogen-bond donors (Lipinski definition) is 2. The van der Waals surface area contributed by atoms with E-state index in [1.54, 1.807) is 32.3 Å². The average molecular weight is 350 g/mol. The lowest BCUT2D eigenvalue weighted by Gasteiger charge is -2.16. The van der Waals surface area contributed by atoms with Crippen molar-refractivity contribution in [3.63, 3.8) is 0 Å². The van der Waals surface area contributed by atoms with Gasteiger partial charge in [-0.05, 0) is 30.8 Å². The molecule has 0 radical (unpaired) electrons. The van der Waals surface area contributed by atoms with Crippen LogP contribution >= 0.6 is 12.2 Å². The summed E-state index contributed by atoms with van der Waals surface area (Å²) in [6, 6.07) is 7.09. The van der Waals surface area contributed by atoms with Crippen LogP contribution in [0, 0.1) is 0 Å². The lowest BCUT2D eigenvalue weighted by atomic mass is 10.1. The van der Waals surface area contributed by atoms with Gasteiger partial charge in [0, 0.05) is 20.5 Å². The van der Waals surface area contributed by atoms with E-state index in [0.29, 0.717) is 17.7 Å². The van der Waals surface area contributed by atoms with Gasteiger partial charge in [0.1, 0.15) is 0 Å². The van der Waals surface area contributed by atoms with Crippen LogP contribution < -0.4 is 10.6 Å². The number of anilines is 1. The smallest absolute Gasteiger partial charge is 0.255 e. The van der Waals surface area contributed by atoms with E-state index in [9.17, 15) is 9.59 Å². The van der Waals surface area contributed by atoms with Crippen LogP contribution in [0.15, 0.2) is 24.3 Å². The minimum atomic E-state index is -0.122. The molecule has 0 heterocycles. The second-order valence-corrected chi connectivity index (χ2v) is 6.32. The van der Waals surface area contributed by atoms with Gasteiger partial charge in [-0.15, -0.1) is 0 Å². The maximum atomic E-state index is 12.2. The minimum absolute atomic E-state index is 0.0968. The van der Waals surface area contributed by atoms with Gasteiger partial charge < -0.3 is 15.5 Å². The lowest BCUT2D eigenvalue weighted by molar-refractivity contribution is -0.119. The summed E-state index contributed by atoms with van der Waals surface area (Å²) in [4.78, 5) is 25.5. The summed E-state index contributed by atoms with van der Waals surface area (Å²) in [7, 11) is 3.38. The van der Waals surface area contributed by atoms with Crippen LogP contribution in [0.4, 0.5) is 5.69 Å². The van der Waals surface area contributed by atoms with E-state index < -0.39 is 0 Å². The third-order valence-corrected chi connectivity index (χ3v) is 3.78. The molecule has 24 heavy (non-hydrogen) atoms. The van der Waals surface area contributed by atoms with Gasteiger partial charge in [0.15, 0.2) is 5.11 Å². The highest BCUT2D eigenvalue weighted by Crippen LogP contribution is 2.16. The van der Waals surface area contributed by atoms with Gasteiger partial charge in [-0.25, -0.2) is 0 Å². The first-order valence-electron chi connectivity index (χ1n) is 8.37. The molecule has 2 N–H and O–H groups in total. The summed E-state index contributed by atoms with van der Waals surface area (Å²) < 4.78 is 0. The number of carbonyl (C=O) groups excluding carboxylic acids is 2.